The maximum absolute atomic E-state index is 4.09. The van der Waals surface area contributed by atoms with E-state index in [2.05, 4.69) is 29.5 Å². The highest BCUT2D eigenvalue weighted by atomic mass is 32.2. The first-order chi connectivity index (χ1) is 5.41. The molecule has 68 valence electrons. The van der Waals surface area contributed by atoms with Crippen molar-refractivity contribution in [2.75, 3.05) is 43.9 Å². The molecule has 2 nitrogen and oxygen atoms in total. The third-order valence-electron chi connectivity index (χ3n) is 1.25. The number of rotatable bonds is 8. The van der Waals surface area contributed by atoms with E-state index in [0.29, 0.717) is 0 Å². The number of nitrogens with one attached hydrogen (secondary N) is 2. The van der Waals surface area contributed by atoms with Crippen LogP contribution in [0.25, 0.3) is 0 Å². The van der Waals surface area contributed by atoms with E-state index in [1.165, 1.54) is 5.75 Å². The van der Waals surface area contributed by atoms with Gasteiger partial charge in [0.2, 0.25) is 0 Å². The highest BCUT2D eigenvalue weighted by Crippen LogP contribution is 1.86. The van der Waals surface area contributed by atoms with Gasteiger partial charge in [-0.3, -0.25) is 0 Å². The lowest BCUT2D eigenvalue weighted by molar-refractivity contribution is 0.646. The number of thiol groups is 1. The van der Waals surface area contributed by atoms with Gasteiger partial charge in [0.25, 0.3) is 0 Å². The minimum atomic E-state index is 0.921. The molecule has 4 heteroatoms. The van der Waals surface area contributed by atoms with Crippen LogP contribution in [0.1, 0.15) is 0 Å². The molecule has 0 aromatic rings. The van der Waals surface area contributed by atoms with Gasteiger partial charge in [-0.15, -0.1) is 0 Å². The Labute approximate surface area is 79.3 Å². The summed E-state index contributed by atoms with van der Waals surface area (Å²) in [6.45, 7) is 4.24. The van der Waals surface area contributed by atoms with Gasteiger partial charge in [-0.25, -0.2) is 0 Å². The molecule has 2 N–H and O–H groups in total. The Hall–Kier alpha value is 0.620. The fourth-order valence-corrected chi connectivity index (χ4v) is 1.19. The number of hydrogen-bond donors (Lipinski definition) is 3. The summed E-state index contributed by atoms with van der Waals surface area (Å²) >= 11 is 5.97. The first-order valence-corrected chi connectivity index (χ1v) is 5.95. The summed E-state index contributed by atoms with van der Waals surface area (Å²) in [5, 5.41) is 6.60. The zero-order valence-corrected chi connectivity index (χ0v) is 8.81. The first-order valence-electron chi connectivity index (χ1n) is 3.93. The summed E-state index contributed by atoms with van der Waals surface area (Å²) in [6, 6.07) is 0. The van der Waals surface area contributed by atoms with Crippen molar-refractivity contribution >= 4 is 24.4 Å². The van der Waals surface area contributed by atoms with Gasteiger partial charge in [0, 0.05) is 37.7 Å². The molecule has 0 bridgehead atoms. The molecule has 0 fully saturated rings. The molecule has 0 saturated heterocycles. The highest BCUT2D eigenvalue weighted by molar-refractivity contribution is 7.98. The van der Waals surface area contributed by atoms with Crippen LogP contribution >= 0.6 is 24.4 Å². The predicted octanol–water partition coefficient (Wildman–Crippen LogP) is 0.458. The van der Waals surface area contributed by atoms with Crippen molar-refractivity contribution in [2.45, 2.75) is 0 Å². The summed E-state index contributed by atoms with van der Waals surface area (Å²) in [7, 11) is 0. The zero-order valence-electron chi connectivity index (χ0n) is 7.10. The lowest BCUT2D eigenvalue weighted by atomic mass is 10.5. The van der Waals surface area contributed by atoms with Crippen LogP contribution in [0.4, 0.5) is 0 Å². The molecule has 0 heterocycles. The molecule has 0 aliphatic rings. The van der Waals surface area contributed by atoms with Gasteiger partial charge in [-0.2, -0.15) is 24.4 Å². The Morgan fingerprint density at radius 1 is 1.09 bits per heavy atom. The van der Waals surface area contributed by atoms with E-state index in [4.69, 9.17) is 0 Å². The average molecular weight is 194 g/mol. The van der Waals surface area contributed by atoms with Crippen molar-refractivity contribution < 1.29 is 0 Å². The fourth-order valence-electron chi connectivity index (χ4n) is 0.680. The van der Waals surface area contributed by atoms with Crippen LogP contribution in [0.2, 0.25) is 0 Å². The maximum atomic E-state index is 4.09. The van der Waals surface area contributed by atoms with E-state index in [1.54, 1.807) is 0 Å². The van der Waals surface area contributed by atoms with Crippen molar-refractivity contribution in [2.24, 2.45) is 0 Å². The second-order valence-electron chi connectivity index (χ2n) is 2.22. The third-order valence-corrected chi connectivity index (χ3v) is 2.09. The molecule has 0 radical (unpaired) electrons. The van der Waals surface area contributed by atoms with E-state index < -0.39 is 0 Å². The van der Waals surface area contributed by atoms with Crippen LogP contribution in [-0.4, -0.2) is 43.9 Å². The van der Waals surface area contributed by atoms with Crippen LogP contribution in [-0.2, 0) is 0 Å². The smallest absolute Gasteiger partial charge is 0.00770 e. The molecule has 0 rings (SSSR count). The van der Waals surface area contributed by atoms with Crippen molar-refractivity contribution in [1.29, 1.82) is 0 Å². The molecular formula is C7H18N2S2. The minimum absolute atomic E-state index is 0.921. The summed E-state index contributed by atoms with van der Waals surface area (Å²) in [6.07, 6.45) is 2.13. The minimum Gasteiger partial charge on any atom is -0.315 e. The SMILES string of the molecule is CSCCNCCNCCS. The Kier molecular flexibility index (Phi) is 11.2. The molecule has 0 aromatic heterocycles. The van der Waals surface area contributed by atoms with Crippen LogP contribution in [0.3, 0.4) is 0 Å². The zero-order chi connectivity index (χ0) is 8.36. The van der Waals surface area contributed by atoms with E-state index in [9.17, 15) is 0 Å². The van der Waals surface area contributed by atoms with Gasteiger partial charge in [0.05, 0.1) is 0 Å². The fraction of sp³-hybridized carbons (Fsp3) is 1.00. The topological polar surface area (TPSA) is 24.1 Å². The molecule has 0 unspecified atom stereocenters. The van der Waals surface area contributed by atoms with Crippen molar-refractivity contribution in [3.63, 3.8) is 0 Å². The van der Waals surface area contributed by atoms with Gasteiger partial charge in [0.15, 0.2) is 0 Å². The summed E-state index contributed by atoms with van der Waals surface area (Å²) in [5.74, 6) is 2.12. The van der Waals surface area contributed by atoms with E-state index in [-0.39, 0.29) is 0 Å². The highest BCUT2D eigenvalue weighted by Gasteiger charge is 1.85. The Morgan fingerprint density at radius 2 is 1.73 bits per heavy atom. The standard InChI is InChI=1S/C7H18N2S2/c1-11-7-5-9-3-2-8-4-6-10/h8-10H,2-7H2,1H3. The second-order valence-corrected chi connectivity index (χ2v) is 3.65. The van der Waals surface area contributed by atoms with Crippen molar-refractivity contribution in [1.82, 2.24) is 10.6 Å². The average Bonchev–Trinajstić information content (AvgIpc) is 2.03. The van der Waals surface area contributed by atoms with Gasteiger partial charge in [-0.05, 0) is 6.26 Å². The Morgan fingerprint density at radius 3 is 2.27 bits per heavy atom. The third kappa shape index (κ3) is 10.6. The first kappa shape index (κ1) is 11.6. The van der Waals surface area contributed by atoms with Gasteiger partial charge < -0.3 is 10.6 Å². The van der Waals surface area contributed by atoms with E-state index in [1.807, 2.05) is 11.8 Å². The maximum Gasteiger partial charge on any atom is 0.00770 e. The molecule has 0 atom stereocenters. The molecule has 0 aliphatic heterocycles. The Balaban J connectivity index is 2.69. The normalized spacial score (nSPS) is 10.4. The summed E-state index contributed by atoms with van der Waals surface area (Å²) < 4.78 is 0. The van der Waals surface area contributed by atoms with E-state index in [0.717, 1.165) is 31.9 Å². The van der Waals surface area contributed by atoms with Gasteiger partial charge >= 0.3 is 0 Å². The lowest BCUT2D eigenvalue weighted by Crippen LogP contribution is -2.29. The quantitative estimate of drug-likeness (QED) is 0.386. The number of thioether (sulfide) groups is 1. The van der Waals surface area contributed by atoms with Crippen LogP contribution in [0.15, 0.2) is 0 Å². The van der Waals surface area contributed by atoms with Crippen LogP contribution < -0.4 is 10.6 Å². The summed E-state index contributed by atoms with van der Waals surface area (Å²) in [4.78, 5) is 0. The van der Waals surface area contributed by atoms with Crippen LogP contribution in [0.5, 0.6) is 0 Å². The second kappa shape index (κ2) is 10.6. The van der Waals surface area contributed by atoms with Crippen molar-refractivity contribution in [3.8, 4) is 0 Å². The molecule has 0 saturated carbocycles. The summed E-state index contributed by atoms with van der Waals surface area (Å²) in [5.41, 5.74) is 0. The number of hydrogen-bond acceptors (Lipinski definition) is 4. The van der Waals surface area contributed by atoms with Gasteiger partial charge in [0.1, 0.15) is 0 Å². The van der Waals surface area contributed by atoms with Gasteiger partial charge in [-0.1, -0.05) is 0 Å². The van der Waals surface area contributed by atoms with E-state index >= 15 is 0 Å². The van der Waals surface area contributed by atoms with Crippen molar-refractivity contribution in [3.05, 3.63) is 0 Å². The predicted molar refractivity (Wildman–Crippen MR) is 58.0 cm³/mol. The largest absolute Gasteiger partial charge is 0.315 e. The van der Waals surface area contributed by atoms with Crippen LogP contribution in [0, 0.1) is 0 Å². The lowest BCUT2D eigenvalue weighted by Gasteiger charge is -2.03. The molecule has 0 aliphatic carbocycles. The monoisotopic (exact) mass is 194 g/mol. The molecule has 0 amide bonds. The molecular weight excluding hydrogens is 176 g/mol. The molecule has 0 spiro atoms. The Bertz CT molecular complexity index is 63.5. The molecule has 0 aromatic carbocycles. The molecule has 11 heavy (non-hydrogen) atoms.